The van der Waals surface area contributed by atoms with Crippen LogP contribution in [-0.4, -0.2) is 53.8 Å². The number of nitrogens with zero attached hydrogens (tertiary/aromatic N) is 1. The van der Waals surface area contributed by atoms with Gasteiger partial charge in [0, 0.05) is 42.4 Å². The third-order valence-corrected chi connectivity index (χ3v) is 4.30. The molecule has 0 radical (unpaired) electrons. The first-order chi connectivity index (χ1) is 6.70. The van der Waals surface area contributed by atoms with Crippen LogP contribution >= 0.6 is 0 Å². The zero-order valence-corrected chi connectivity index (χ0v) is 9.74. The highest BCUT2D eigenvalue weighted by Gasteiger charge is 2.39. The van der Waals surface area contributed by atoms with Gasteiger partial charge >= 0.3 is 0 Å². The van der Waals surface area contributed by atoms with E-state index in [1.54, 1.807) is 6.26 Å². The Bertz CT molecular complexity index is 226. The van der Waals surface area contributed by atoms with Crippen LogP contribution in [0.25, 0.3) is 0 Å². The number of rotatable bonds is 3. The Morgan fingerprint density at radius 1 is 1.50 bits per heavy atom. The first kappa shape index (κ1) is 10.6. The third-order valence-electron chi connectivity index (χ3n) is 3.54. The van der Waals surface area contributed by atoms with Gasteiger partial charge in [0.25, 0.3) is 0 Å². The van der Waals surface area contributed by atoms with E-state index in [2.05, 4.69) is 10.2 Å². The average Bonchev–Trinajstić information content (AvgIpc) is 2.74. The van der Waals surface area contributed by atoms with Gasteiger partial charge in [-0.3, -0.25) is 4.21 Å². The molecular weight excluding hydrogens is 196 g/mol. The van der Waals surface area contributed by atoms with Crippen LogP contribution in [0.3, 0.4) is 0 Å². The van der Waals surface area contributed by atoms with Crippen LogP contribution in [0.2, 0.25) is 0 Å². The van der Waals surface area contributed by atoms with Crippen molar-refractivity contribution >= 4 is 10.8 Å². The van der Waals surface area contributed by atoms with Crippen LogP contribution in [0.5, 0.6) is 0 Å². The number of nitrogens with one attached hydrogen (secondary N) is 1. The topological polar surface area (TPSA) is 32.3 Å². The van der Waals surface area contributed by atoms with E-state index in [0.717, 1.165) is 12.3 Å². The summed E-state index contributed by atoms with van der Waals surface area (Å²) in [5.74, 6) is 0.837. The van der Waals surface area contributed by atoms with Gasteiger partial charge in [-0.25, -0.2) is 0 Å². The molecule has 2 aliphatic rings. The largest absolute Gasteiger partial charge is 0.316 e. The van der Waals surface area contributed by atoms with Crippen LogP contribution in [0, 0.1) is 5.41 Å². The number of likely N-dealkylation sites (tertiary alicyclic amines) is 1. The summed E-state index contributed by atoms with van der Waals surface area (Å²) in [6.07, 6.45) is 4.46. The van der Waals surface area contributed by atoms with Crippen LogP contribution in [-0.2, 0) is 10.8 Å². The van der Waals surface area contributed by atoms with Crippen molar-refractivity contribution < 1.29 is 4.21 Å². The van der Waals surface area contributed by atoms with Gasteiger partial charge in [-0.1, -0.05) is 0 Å². The van der Waals surface area contributed by atoms with Gasteiger partial charge in [-0.2, -0.15) is 0 Å². The van der Waals surface area contributed by atoms with Gasteiger partial charge in [-0.15, -0.1) is 0 Å². The minimum atomic E-state index is -0.632. The monoisotopic (exact) mass is 216 g/mol. The number of hydrogen-bond acceptors (Lipinski definition) is 3. The predicted molar refractivity (Wildman–Crippen MR) is 59.9 cm³/mol. The molecule has 0 aromatic heterocycles. The van der Waals surface area contributed by atoms with Crippen molar-refractivity contribution in [1.29, 1.82) is 0 Å². The van der Waals surface area contributed by atoms with E-state index in [1.807, 2.05) is 0 Å². The fourth-order valence-corrected chi connectivity index (χ4v) is 3.14. The summed E-state index contributed by atoms with van der Waals surface area (Å²) < 4.78 is 11.0. The standard InChI is InChI=1S/C10H20N2OS/c1-14(13)7-6-12-5-3-10(9-12)2-4-11-8-10/h11H,2-9H2,1H3. The summed E-state index contributed by atoms with van der Waals surface area (Å²) in [5, 5.41) is 3.45. The molecule has 2 unspecified atom stereocenters. The van der Waals surface area contributed by atoms with Crippen LogP contribution in [0.1, 0.15) is 12.8 Å². The van der Waals surface area contributed by atoms with Crippen LogP contribution < -0.4 is 5.32 Å². The first-order valence-electron chi connectivity index (χ1n) is 5.43. The lowest BCUT2D eigenvalue weighted by atomic mass is 9.87. The second kappa shape index (κ2) is 4.29. The summed E-state index contributed by atoms with van der Waals surface area (Å²) in [7, 11) is -0.632. The smallest absolute Gasteiger partial charge is 0.0359 e. The molecule has 0 aromatic carbocycles. The van der Waals surface area contributed by atoms with E-state index in [-0.39, 0.29) is 0 Å². The molecule has 0 aromatic rings. The lowest BCUT2D eigenvalue weighted by molar-refractivity contribution is 0.285. The molecule has 2 fully saturated rings. The minimum Gasteiger partial charge on any atom is -0.316 e. The molecule has 0 saturated carbocycles. The summed E-state index contributed by atoms with van der Waals surface area (Å²) in [6, 6.07) is 0. The highest BCUT2D eigenvalue weighted by molar-refractivity contribution is 7.84. The minimum absolute atomic E-state index is 0.565. The van der Waals surface area contributed by atoms with Crippen molar-refractivity contribution in [2.24, 2.45) is 5.41 Å². The van der Waals surface area contributed by atoms with E-state index < -0.39 is 10.8 Å². The molecule has 0 bridgehead atoms. The first-order valence-corrected chi connectivity index (χ1v) is 7.16. The molecule has 0 aliphatic carbocycles. The second-order valence-corrected chi connectivity index (χ2v) is 6.28. The molecule has 14 heavy (non-hydrogen) atoms. The zero-order chi connectivity index (χ0) is 10.0. The Hall–Kier alpha value is 0.0700. The van der Waals surface area contributed by atoms with Crippen molar-refractivity contribution in [2.45, 2.75) is 12.8 Å². The normalized spacial score (nSPS) is 35.5. The molecule has 1 spiro atoms. The molecule has 0 amide bonds. The molecule has 1 N–H and O–H groups in total. The van der Waals surface area contributed by atoms with Crippen molar-refractivity contribution in [1.82, 2.24) is 10.2 Å². The van der Waals surface area contributed by atoms with E-state index in [0.29, 0.717) is 5.41 Å². The molecule has 2 aliphatic heterocycles. The van der Waals surface area contributed by atoms with Gasteiger partial charge in [0.15, 0.2) is 0 Å². The highest BCUT2D eigenvalue weighted by atomic mass is 32.2. The van der Waals surface area contributed by atoms with E-state index in [1.165, 1.54) is 39.0 Å². The van der Waals surface area contributed by atoms with Crippen molar-refractivity contribution in [3.05, 3.63) is 0 Å². The second-order valence-electron chi connectivity index (χ2n) is 4.73. The zero-order valence-electron chi connectivity index (χ0n) is 8.92. The van der Waals surface area contributed by atoms with Gasteiger partial charge in [0.2, 0.25) is 0 Å². The molecule has 82 valence electrons. The van der Waals surface area contributed by atoms with Gasteiger partial charge < -0.3 is 10.2 Å². The maximum absolute atomic E-state index is 11.0. The Kier molecular flexibility index (Phi) is 3.24. The van der Waals surface area contributed by atoms with E-state index in [4.69, 9.17) is 0 Å². The quantitative estimate of drug-likeness (QED) is 0.723. The fraction of sp³-hybridized carbons (Fsp3) is 1.00. The molecule has 4 heteroatoms. The molecule has 2 heterocycles. The van der Waals surface area contributed by atoms with Crippen molar-refractivity contribution in [2.75, 3.05) is 44.7 Å². The Morgan fingerprint density at radius 3 is 3.00 bits per heavy atom. The Morgan fingerprint density at radius 2 is 2.36 bits per heavy atom. The maximum Gasteiger partial charge on any atom is 0.0359 e. The SMILES string of the molecule is CS(=O)CCN1CCC2(CCNC2)C1. The predicted octanol–water partition coefficient (Wildman–Crippen LogP) is 0.0503. The third kappa shape index (κ3) is 2.35. The highest BCUT2D eigenvalue weighted by Crippen LogP contribution is 2.35. The van der Waals surface area contributed by atoms with Crippen LogP contribution in [0.15, 0.2) is 0 Å². The molecule has 2 atom stereocenters. The van der Waals surface area contributed by atoms with E-state index >= 15 is 0 Å². The summed E-state index contributed by atoms with van der Waals surface area (Å²) in [5.41, 5.74) is 0.565. The summed E-state index contributed by atoms with van der Waals surface area (Å²) >= 11 is 0. The van der Waals surface area contributed by atoms with Gasteiger partial charge in [-0.05, 0) is 31.3 Å². The summed E-state index contributed by atoms with van der Waals surface area (Å²) in [4.78, 5) is 2.48. The molecule has 2 rings (SSSR count). The van der Waals surface area contributed by atoms with Crippen LogP contribution in [0.4, 0.5) is 0 Å². The fourth-order valence-electron chi connectivity index (χ4n) is 2.62. The summed E-state index contributed by atoms with van der Waals surface area (Å²) in [6.45, 7) is 5.83. The molecule has 3 nitrogen and oxygen atoms in total. The van der Waals surface area contributed by atoms with Crippen molar-refractivity contribution in [3.63, 3.8) is 0 Å². The molecular formula is C10H20N2OS. The van der Waals surface area contributed by atoms with Crippen molar-refractivity contribution in [3.8, 4) is 0 Å². The average molecular weight is 216 g/mol. The van der Waals surface area contributed by atoms with E-state index in [9.17, 15) is 4.21 Å². The maximum atomic E-state index is 11.0. The van der Waals surface area contributed by atoms with Gasteiger partial charge in [0.05, 0.1) is 0 Å². The Balaban J connectivity index is 1.79. The lowest BCUT2D eigenvalue weighted by Gasteiger charge is -2.22. The molecule has 2 saturated heterocycles. The lowest BCUT2D eigenvalue weighted by Crippen LogP contribution is -2.31. The Labute approximate surface area is 88.7 Å². The van der Waals surface area contributed by atoms with Gasteiger partial charge in [0.1, 0.15) is 0 Å². The number of hydrogen-bond donors (Lipinski definition) is 1.